The van der Waals surface area contributed by atoms with E-state index in [-0.39, 0.29) is 6.04 Å². The predicted molar refractivity (Wildman–Crippen MR) is 91.3 cm³/mol. The molecular weight excluding hydrogens is 304 g/mol. The smallest absolute Gasteiger partial charge is 0.0953 e. The molecule has 1 fully saturated rings. The lowest BCUT2D eigenvalue weighted by molar-refractivity contribution is 0.0494. The van der Waals surface area contributed by atoms with Gasteiger partial charge in [-0.2, -0.15) is 0 Å². The van der Waals surface area contributed by atoms with Crippen molar-refractivity contribution in [2.75, 3.05) is 31.9 Å². The molecule has 5 heteroatoms. The van der Waals surface area contributed by atoms with Crippen molar-refractivity contribution in [3.8, 4) is 0 Å². The van der Waals surface area contributed by atoms with Gasteiger partial charge in [0.15, 0.2) is 0 Å². The highest BCUT2D eigenvalue weighted by molar-refractivity contribution is 7.99. The second-order valence-corrected chi connectivity index (χ2v) is 7.08. The minimum Gasteiger partial charge on any atom is -0.387 e. The van der Waals surface area contributed by atoms with Crippen LogP contribution in [0, 0.1) is 0 Å². The first-order chi connectivity index (χ1) is 10.1. The third-order valence-corrected chi connectivity index (χ3v) is 5.47. The molecule has 118 valence electrons. The highest BCUT2D eigenvalue weighted by atomic mass is 35.5. The monoisotopic (exact) mass is 328 g/mol. The van der Waals surface area contributed by atoms with Crippen LogP contribution in [0.3, 0.4) is 0 Å². The number of aliphatic hydroxyl groups is 1. The first-order valence-electron chi connectivity index (χ1n) is 7.68. The van der Waals surface area contributed by atoms with E-state index in [4.69, 9.17) is 11.6 Å². The van der Waals surface area contributed by atoms with Crippen LogP contribution in [-0.4, -0.2) is 48.0 Å². The van der Waals surface area contributed by atoms with Crippen molar-refractivity contribution in [1.82, 2.24) is 10.2 Å². The molecule has 1 aliphatic heterocycles. The third-order valence-electron chi connectivity index (χ3n) is 3.94. The number of hydrogen-bond acceptors (Lipinski definition) is 4. The van der Waals surface area contributed by atoms with Gasteiger partial charge in [0.2, 0.25) is 0 Å². The zero-order valence-electron chi connectivity index (χ0n) is 12.8. The number of rotatable bonds is 6. The van der Waals surface area contributed by atoms with Crippen molar-refractivity contribution in [2.24, 2.45) is 0 Å². The van der Waals surface area contributed by atoms with Gasteiger partial charge >= 0.3 is 0 Å². The SMILES string of the molecule is CCCSc1ccc(Cl)cc1C(O)C(C)N1CCNCC1. The highest BCUT2D eigenvalue weighted by Crippen LogP contribution is 2.33. The quantitative estimate of drug-likeness (QED) is 0.786. The van der Waals surface area contributed by atoms with Crippen LogP contribution in [0.4, 0.5) is 0 Å². The van der Waals surface area contributed by atoms with E-state index in [1.807, 2.05) is 18.2 Å². The molecule has 2 atom stereocenters. The summed E-state index contributed by atoms with van der Waals surface area (Å²) in [5.41, 5.74) is 0.965. The number of aliphatic hydroxyl groups excluding tert-OH is 1. The van der Waals surface area contributed by atoms with Gasteiger partial charge in [-0.3, -0.25) is 4.90 Å². The van der Waals surface area contributed by atoms with E-state index < -0.39 is 6.10 Å². The number of nitrogens with zero attached hydrogens (tertiary/aromatic N) is 1. The third kappa shape index (κ3) is 4.60. The van der Waals surface area contributed by atoms with Crippen LogP contribution in [0.1, 0.15) is 31.9 Å². The van der Waals surface area contributed by atoms with Crippen LogP contribution in [0.15, 0.2) is 23.1 Å². The first kappa shape index (κ1) is 17.1. The van der Waals surface area contributed by atoms with Gasteiger partial charge in [-0.1, -0.05) is 18.5 Å². The van der Waals surface area contributed by atoms with Gasteiger partial charge < -0.3 is 10.4 Å². The van der Waals surface area contributed by atoms with Crippen LogP contribution in [0.25, 0.3) is 0 Å². The van der Waals surface area contributed by atoms with Gasteiger partial charge in [0, 0.05) is 42.1 Å². The molecule has 3 nitrogen and oxygen atoms in total. The standard InChI is InChI=1S/C16H25ClN2OS/c1-3-10-21-15-5-4-13(17)11-14(15)16(20)12(2)19-8-6-18-7-9-19/h4-5,11-12,16,18,20H,3,6-10H2,1-2H3. The van der Waals surface area contributed by atoms with Crippen LogP contribution in [0.2, 0.25) is 5.02 Å². The summed E-state index contributed by atoms with van der Waals surface area (Å²) in [6.07, 6.45) is 0.622. The molecule has 2 unspecified atom stereocenters. The average molecular weight is 329 g/mol. The van der Waals surface area contributed by atoms with Crippen LogP contribution in [-0.2, 0) is 0 Å². The van der Waals surface area contributed by atoms with E-state index in [2.05, 4.69) is 24.1 Å². The maximum absolute atomic E-state index is 10.8. The molecule has 1 aliphatic rings. The molecule has 2 rings (SSSR count). The Bertz CT molecular complexity index is 452. The number of thioether (sulfide) groups is 1. The van der Waals surface area contributed by atoms with Crippen molar-refractivity contribution < 1.29 is 5.11 Å². The molecule has 21 heavy (non-hydrogen) atoms. The van der Waals surface area contributed by atoms with Crippen LogP contribution < -0.4 is 5.32 Å². The summed E-state index contributed by atoms with van der Waals surface area (Å²) in [6, 6.07) is 5.96. The zero-order valence-corrected chi connectivity index (χ0v) is 14.4. The van der Waals surface area contributed by atoms with Gasteiger partial charge in [0.05, 0.1) is 6.10 Å². The molecule has 0 aliphatic carbocycles. The van der Waals surface area contributed by atoms with Crippen molar-refractivity contribution in [1.29, 1.82) is 0 Å². The van der Waals surface area contributed by atoms with Gasteiger partial charge in [0.1, 0.15) is 0 Å². The van der Waals surface area contributed by atoms with E-state index in [1.165, 1.54) is 0 Å². The Morgan fingerprint density at radius 2 is 2.10 bits per heavy atom. The maximum atomic E-state index is 10.8. The lowest BCUT2D eigenvalue weighted by atomic mass is 10.0. The number of piperazine rings is 1. The van der Waals surface area contributed by atoms with Crippen molar-refractivity contribution >= 4 is 23.4 Å². The van der Waals surface area contributed by atoms with Crippen molar-refractivity contribution in [2.45, 2.75) is 37.3 Å². The molecule has 1 saturated heterocycles. The van der Waals surface area contributed by atoms with Gasteiger partial charge in [0.25, 0.3) is 0 Å². The second-order valence-electron chi connectivity index (χ2n) is 5.50. The Morgan fingerprint density at radius 3 is 2.76 bits per heavy atom. The van der Waals surface area contributed by atoms with Crippen molar-refractivity contribution in [3.63, 3.8) is 0 Å². The summed E-state index contributed by atoms with van der Waals surface area (Å²) in [5, 5.41) is 14.9. The molecule has 0 bridgehead atoms. The summed E-state index contributed by atoms with van der Waals surface area (Å²) < 4.78 is 0. The fraction of sp³-hybridized carbons (Fsp3) is 0.625. The lowest BCUT2D eigenvalue weighted by Gasteiger charge is -2.36. The molecule has 1 aromatic rings. The summed E-state index contributed by atoms with van der Waals surface area (Å²) in [7, 11) is 0. The van der Waals surface area contributed by atoms with Crippen LogP contribution >= 0.6 is 23.4 Å². The molecule has 0 radical (unpaired) electrons. The number of hydrogen-bond donors (Lipinski definition) is 2. The fourth-order valence-electron chi connectivity index (χ4n) is 2.64. The summed E-state index contributed by atoms with van der Waals surface area (Å²) in [4.78, 5) is 3.49. The highest BCUT2D eigenvalue weighted by Gasteiger charge is 2.26. The Balaban J connectivity index is 2.15. The molecule has 0 saturated carbocycles. The minimum absolute atomic E-state index is 0.103. The number of halogens is 1. The van der Waals surface area contributed by atoms with Crippen molar-refractivity contribution in [3.05, 3.63) is 28.8 Å². The van der Waals surface area contributed by atoms with E-state index in [0.29, 0.717) is 5.02 Å². The van der Waals surface area contributed by atoms with E-state index in [9.17, 15) is 5.11 Å². The molecule has 1 heterocycles. The summed E-state index contributed by atoms with van der Waals surface area (Å²) in [5.74, 6) is 1.06. The summed E-state index contributed by atoms with van der Waals surface area (Å²) in [6.45, 7) is 8.22. The predicted octanol–water partition coefficient (Wildman–Crippen LogP) is 3.17. The van der Waals surface area contributed by atoms with E-state index in [1.54, 1.807) is 11.8 Å². The largest absolute Gasteiger partial charge is 0.387 e. The lowest BCUT2D eigenvalue weighted by Crippen LogP contribution is -2.49. The second kappa shape index (κ2) is 8.39. The normalized spacial score (nSPS) is 19.4. The topological polar surface area (TPSA) is 35.5 Å². The average Bonchev–Trinajstić information content (AvgIpc) is 2.53. The van der Waals surface area contributed by atoms with Gasteiger partial charge in [-0.05, 0) is 42.9 Å². The zero-order chi connectivity index (χ0) is 15.2. The molecule has 2 N–H and O–H groups in total. The molecular formula is C16H25ClN2OS. The maximum Gasteiger partial charge on any atom is 0.0953 e. The molecule has 1 aromatic carbocycles. The number of nitrogens with one attached hydrogen (secondary N) is 1. The Labute approximate surface area is 137 Å². The molecule has 0 spiro atoms. The molecule has 0 aromatic heterocycles. The summed E-state index contributed by atoms with van der Waals surface area (Å²) >= 11 is 7.94. The Hall–Kier alpha value is -0.260. The van der Waals surface area contributed by atoms with Crippen LogP contribution in [0.5, 0.6) is 0 Å². The van der Waals surface area contributed by atoms with E-state index in [0.717, 1.165) is 48.8 Å². The van der Waals surface area contributed by atoms with E-state index >= 15 is 0 Å². The minimum atomic E-state index is -0.499. The first-order valence-corrected chi connectivity index (χ1v) is 9.05. The molecule has 0 amide bonds. The fourth-order valence-corrected chi connectivity index (χ4v) is 3.76. The Morgan fingerprint density at radius 1 is 1.38 bits per heavy atom. The Kier molecular flexibility index (Phi) is 6.83. The van der Waals surface area contributed by atoms with Gasteiger partial charge in [-0.15, -0.1) is 11.8 Å². The van der Waals surface area contributed by atoms with Gasteiger partial charge in [-0.25, -0.2) is 0 Å². The number of benzene rings is 1.